The monoisotopic (exact) mass is 391 g/mol. The van der Waals surface area contributed by atoms with Gasteiger partial charge >= 0.3 is 6.03 Å². The molecule has 3 N–H and O–H groups in total. The highest BCUT2D eigenvalue weighted by molar-refractivity contribution is 5.92. The molecule has 0 bridgehead atoms. The van der Waals surface area contributed by atoms with Gasteiger partial charge < -0.3 is 16.0 Å². The maximum atomic E-state index is 12.4. The number of carbonyl (C=O) groups is 2. The lowest BCUT2D eigenvalue weighted by Gasteiger charge is -2.11. The van der Waals surface area contributed by atoms with Crippen molar-refractivity contribution in [3.63, 3.8) is 0 Å². The fraction of sp³-hybridized carbons (Fsp3) is 0.227. The van der Waals surface area contributed by atoms with Crippen LogP contribution >= 0.6 is 0 Å². The van der Waals surface area contributed by atoms with Crippen LogP contribution in [0.4, 0.5) is 16.3 Å². The van der Waals surface area contributed by atoms with Crippen LogP contribution in [0.3, 0.4) is 0 Å². The molecule has 150 valence electrons. The predicted molar refractivity (Wildman–Crippen MR) is 114 cm³/mol. The summed E-state index contributed by atoms with van der Waals surface area (Å²) in [7, 11) is 0. The molecule has 0 fully saturated rings. The average Bonchev–Trinajstić information content (AvgIpc) is 3.02. The van der Waals surface area contributed by atoms with E-state index in [1.165, 1.54) is 0 Å². The van der Waals surface area contributed by atoms with Crippen LogP contribution < -0.4 is 16.0 Å². The summed E-state index contributed by atoms with van der Waals surface area (Å²) in [5.41, 5.74) is 4.64. The molecular formula is C22H25N5O2. The number of para-hydroxylation sites is 1. The van der Waals surface area contributed by atoms with Crippen molar-refractivity contribution in [2.45, 2.75) is 27.2 Å². The van der Waals surface area contributed by atoms with Gasteiger partial charge in [0.05, 0.1) is 11.4 Å². The molecule has 3 rings (SSSR count). The number of aryl methyl sites for hydroxylation is 3. The van der Waals surface area contributed by atoms with Gasteiger partial charge in [0.15, 0.2) is 0 Å². The van der Waals surface area contributed by atoms with E-state index in [0.29, 0.717) is 11.5 Å². The number of nitrogens with one attached hydrogen (secondary N) is 3. The topological polar surface area (TPSA) is 88.1 Å². The van der Waals surface area contributed by atoms with E-state index in [-0.39, 0.29) is 24.9 Å². The number of hydrogen-bond acceptors (Lipinski definition) is 3. The zero-order valence-electron chi connectivity index (χ0n) is 16.8. The molecular weight excluding hydrogens is 366 g/mol. The molecule has 0 radical (unpaired) electrons. The van der Waals surface area contributed by atoms with Crippen LogP contribution in [-0.4, -0.2) is 28.3 Å². The normalized spacial score (nSPS) is 10.4. The van der Waals surface area contributed by atoms with Gasteiger partial charge in [-0.05, 0) is 56.2 Å². The van der Waals surface area contributed by atoms with E-state index in [0.717, 1.165) is 22.5 Å². The molecule has 2 aromatic carbocycles. The van der Waals surface area contributed by atoms with Crippen LogP contribution in [0.2, 0.25) is 0 Å². The van der Waals surface area contributed by atoms with Crippen molar-refractivity contribution < 1.29 is 9.59 Å². The van der Waals surface area contributed by atoms with Crippen molar-refractivity contribution >= 4 is 23.4 Å². The minimum Gasteiger partial charge on any atom is -0.337 e. The second-order valence-electron chi connectivity index (χ2n) is 6.97. The Labute approximate surface area is 170 Å². The Bertz CT molecular complexity index is 991. The molecule has 0 spiro atoms. The van der Waals surface area contributed by atoms with Gasteiger partial charge in [-0.15, -0.1) is 0 Å². The van der Waals surface area contributed by atoms with E-state index in [1.807, 2.05) is 57.2 Å². The minimum absolute atomic E-state index is 0.152. The Kier molecular flexibility index (Phi) is 6.29. The van der Waals surface area contributed by atoms with Crippen molar-refractivity contribution in [2.24, 2.45) is 0 Å². The summed E-state index contributed by atoms with van der Waals surface area (Å²) < 4.78 is 1.72. The van der Waals surface area contributed by atoms with Gasteiger partial charge in [-0.2, -0.15) is 5.10 Å². The molecule has 0 aliphatic carbocycles. The van der Waals surface area contributed by atoms with E-state index >= 15 is 0 Å². The molecule has 29 heavy (non-hydrogen) atoms. The van der Waals surface area contributed by atoms with E-state index in [9.17, 15) is 9.59 Å². The molecule has 0 aliphatic heterocycles. The number of benzene rings is 2. The Morgan fingerprint density at radius 1 is 0.931 bits per heavy atom. The quantitative estimate of drug-likeness (QED) is 0.594. The lowest BCUT2D eigenvalue weighted by Crippen LogP contribution is -2.31. The largest absolute Gasteiger partial charge is 0.337 e. The lowest BCUT2D eigenvalue weighted by atomic mass is 10.1. The number of aromatic nitrogens is 2. The molecule has 0 saturated heterocycles. The van der Waals surface area contributed by atoms with Crippen molar-refractivity contribution in [3.05, 3.63) is 71.4 Å². The van der Waals surface area contributed by atoms with Crippen LogP contribution in [-0.2, 0) is 4.79 Å². The number of nitrogens with zero attached hydrogens (tertiary/aromatic N) is 2. The molecule has 7 nitrogen and oxygen atoms in total. The number of urea groups is 1. The minimum atomic E-state index is -0.347. The third-order valence-electron chi connectivity index (χ3n) is 4.22. The van der Waals surface area contributed by atoms with Crippen molar-refractivity contribution in [3.8, 4) is 5.69 Å². The van der Waals surface area contributed by atoms with E-state index in [4.69, 9.17) is 0 Å². The molecule has 3 amide bonds. The fourth-order valence-corrected chi connectivity index (χ4v) is 3.05. The highest BCUT2D eigenvalue weighted by Crippen LogP contribution is 2.20. The van der Waals surface area contributed by atoms with Gasteiger partial charge in [0.25, 0.3) is 0 Å². The van der Waals surface area contributed by atoms with Crippen LogP contribution in [0.5, 0.6) is 0 Å². The number of rotatable bonds is 6. The van der Waals surface area contributed by atoms with Crippen molar-refractivity contribution in [1.82, 2.24) is 15.1 Å². The Balaban J connectivity index is 1.56. The SMILES string of the molecule is Cc1cc(C)cc(-n2nc(C)cc2NC(=O)CCNC(=O)Nc2ccccc2)c1. The smallest absolute Gasteiger partial charge is 0.319 e. The third-order valence-corrected chi connectivity index (χ3v) is 4.22. The lowest BCUT2D eigenvalue weighted by molar-refractivity contribution is -0.116. The molecule has 3 aromatic rings. The number of hydrogen-bond donors (Lipinski definition) is 3. The fourth-order valence-electron chi connectivity index (χ4n) is 3.05. The second-order valence-corrected chi connectivity index (χ2v) is 6.97. The predicted octanol–water partition coefficient (Wildman–Crippen LogP) is 3.95. The standard InChI is InChI=1S/C22H25N5O2/c1-15-11-16(2)13-19(12-15)27-20(14-17(3)26-27)25-21(28)9-10-23-22(29)24-18-7-5-4-6-8-18/h4-8,11-14H,9-10H2,1-3H3,(H,25,28)(H2,23,24,29). The van der Waals surface area contributed by atoms with Crippen LogP contribution in [0.15, 0.2) is 54.6 Å². The zero-order chi connectivity index (χ0) is 20.8. The van der Waals surface area contributed by atoms with Crippen LogP contribution in [0.1, 0.15) is 23.2 Å². The summed E-state index contributed by atoms with van der Waals surface area (Å²) in [6.07, 6.45) is 0.152. The molecule has 7 heteroatoms. The molecule has 1 heterocycles. The summed E-state index contributed by atoms with van der Waals surface area (Å²) >= 11 is 0. The number of anilines is 2. The van der Waals surface area contributed by atoms with Gasteiger partial charge in [0.1, 0.15) is 5.82 Å². The van der Waals surface area contributed by atoms with Crippen molar-refractivity contribution in [1.29, 1.82) is 0 Å². The van der Waals surface area contributed by atoms with Crippen molar-refractivity contribution in [2.75, 3.05) is 17.2 Å². The maximum absolute atomic E-state index is 12.4. The molecule has 0 saturated carbocycles. The van der Waals surface area contributed by atoms with Crippen LogP contribution in [0, 0.1) is 20.8 Å². The van der Waals surface area contributed by atoms with Gasteiger partial charge in [-0.1, -0.05) is 24.3 Å². The summed E-state index contributed by atoms with van der Waals surface area (Å²) in [5, 5.41) is 12.8. The van der Waals surface area contributed by atoms with Crippen LogP contribution in [0.25, 0.3) is 5.69 Å². The molecule has 1 aromatic heterocycles. The number of amides is 3. The highest BCUT2D eigenvalue weighted by atomic mass is 16.2. The van der Waals surface area contributed by atoms with Gasteiger partial charge in [0.2, 0.25) is 5.91 Å². The maximum Gasteiger partial charge on any atom is 0.319 e. The van der Waals surface area contributed by atoms with Gasteiger partial charge in [0, 0.05) is 24.7 Å². The van der Waals surface area contributed by atoms with E-state index < -0.39 is 0 Å². The Morgan fingerprint density at radius 2 is 1.62 bits per heavy atom. The Hall–Kier alpha value is -3.61. The van der Waals surface area contributed by atoms with Gasteiger partial charge in [-0.25, -0.2) is 9.48 Å². The van der Waals surface area contributed by atoms with Gasteiger partial charge in [-0.3, -0.25) is 4.79 Å². The highest BCUT2D eigenvalue weighted by Gasteiger charge is 2.12. The second kappa shape index (κ2) is 9.05. The molecule has 0 atom stereocenters. The first-order chi connectivity index (χ1) is 13.9. The summed E-state index contributed by atoms with van der Waals surface area (Å²) in [6.45, 7) is 6.15. The Morgan fingerprint density at radius 3 is 2.31 bits per heavy atom. The zero-order valence-corrected chi connectivity index (χ0v) is 16.8. The third kappa shape index (κ3) is 5.68. The first-order valence-electron chi connectivity index (χ1n) is 9.46. The summed E-state index contributed by atoms with van der Waals surface area (Å²) in [6, 6.07) is 16.7. The first kappa shape index (κ1) is 20.1. The van der Waals surface area contributed by atoms with E-state index in [1.54, 1.807) is 16.8 Å². The number of carbonyl (C=O) groups excluding carboxylic acids is 2. The average molecular weight is 391 g/mol. The summed E-state index contributed by atoms with van der Waals surface area (Å²) in [5.74, 6) is 0.404. The summed E-state index contributed by atoms with van der Waals surface area (Å²) in [4.78, 5) is 24.2. The first-order valence-corrected chi connectivity index (χ1v) is 9.46. The van der Waals surface area contributed by atoms with E-state index in [2.05, 4.69) is 27.1 Å². The molecule has 0 unspecified atom stereocenters. The molecule has 0 aliphatic rings.